The van der Waals surface area contributed by atoms with Crippen molar-refractivity contribution in [2.75, 3.05) is 20.2 Å². The molecule has 0 fully saturated rings. The Balaban J connectivity index is 1.59. The SMILES string of the molecule is Cc1ccccc1OCCN(C)C(=O)c1cnn(-c2cccc(Cl)c2)c1. The van der Waals surface area contributed by atoms with Crippen LogP contribution in [-0.2, 0) is 0 Å². The van der Waals surface area contributed by atoms with Gasteiger partial charge in [0.15, 0.2) is 0 Å². The summed E-state index contributed by atoms with van der Waals surface area (Å²) in [7, 11) is 1.75. The smallest absolute Gasteiger partial charge is 0.256 e. The van der Waals surface area contributed by atoms with Crippen LogP contribution in [0.5, 0.6) is 5.75 Å². The highest BCUT2D eigenvalue weighted by Gasteiger charge is 2.14. The molecule has 0 atom stereocenters. The number of hydrogen-bond donors (Lipinski definition) is 0. The molecule has 0 spiro atoms. The topological polar surface area (TPSA) is 47.4 Å². The van der Waals surface area contributed by atoms with Gasteiger partial charge in [-0.25, -0.2) is 4.68 Å². The van der Waals surface area contributed by atoms with Crippen LogP contribution < -0.4 is 4.74 Å². The van der Waals surface area contributed by atoms with Crippen LogP contribution in [0.2, 0.25) is 5.02 Å². The molecule has 0 aliphatic carbocycles. The maximum Gasteiger partial charge on any atom is 0.256 e. The molecule has 6 heteroatoms. The summed E-state index contributed by atoms with van der Waals surface area (Å²) in [5.74, 6) is 0.730. The third-order valence-electron chi connectivity index (χ3n) is 4.03. The van der Waals surface area contributed by atoms with Gasteiger partial charge in [-0.1, -0.05) is 35.9 Å². The molecule has 0 saturated carbocycles. The van der Waals surface area contributed by atoms with Crippen molar-refractivity contribution in [1.29, 1.82) is 0 Å². The molecule has 3 aromatic rings. The van der Waals surface area contributed by atoms with Crippen molar-refractivity contribution in [3.8, 4) is 11.4 Å². The maximum atomic E-state index is 12.6. The van der Waals surface area contributed by atoms with Crippen LogP contribution in [0.4, 0.5) is 0 Å². The van der Waals surface area contributed by atoms with E-state index in [1.54, 1.807) is 41.2 Å². The lowest BCUT2D eigenvalue weighted by Gasteiger charge is -2.17. The van der Waals surface area contributed by atoms with E-state index in [0.29, 0.717) is 23.7 Å². The highest BCUT2D eigenvalue weighted by atomic mass is 35.5. The number of nitrogens with zero attached hydrogens (tertiary/aromatic N) is 3. The molecular weight excluding hydrogens is 350 g/mol. The molecule has 0 bridgehead atoms. The van der Waals surface area contributed by atoms with Crippen molar-refractivity contribution >= 4 is 17.5 Å². The van der Waals surface area contributed by atoms with Crippen LogP contribution in [0.15, 0.2) is 60.9 Å². The molecule has 1 amide bonds. The molecule has 0 N–H and O–H groups in total. The number of para-hydroxylation sites is 1. The van der Waals surface area contributed by atoms with Crippen molar-refractivity contribution in [3.63, 3.8) is 0 Å². The normalized spacial score (nSPS) is 10.6. The molecule has 2 aromatic carbocycles. The minimum Gasteiger partial charge on any atom is -0.491 e. The molecule has 1 heterocycles. The largest absolute Gasteiger partial charge is 0.491 e. The summed E-state index contributed by atoms with van der Waals surface area (Å²) in [4.78, 5) is 14.2. The first-order valence-corrected chi connectivity index (χ1v) is 8.67. The Morgan fingerprint density at radius 1 is 1.23 bits per heavy atom. The lowest BCUT2D eigenvalue weighted by molar-refractivity contribution is 0.0773. The maximum absolute atomic E-state index is 12.6. The molecule has 134 valence electrons. The Kier molecular flexibility index (Phi) is 5.58. The zero-order valence-corrected chi connectivity index (χ0v) is 15.5. The van der Waals surface area contributed by atoms with Gasteiger partial charge < -0.3 is 9.64 Å². The van der Waals surface area contributed by atoms with Gasteiger partial charge in [-0.05, 0) is 36.8 Å². The summed E-state index contributed by atoms with van der Waals surface area (Å²) in [5, 5.41) is 4.87. The number of carbonyl (C=O) groups is 1. The third-order valence-corrected chi connectivity index (χ3v) is 4.26. The van der Waals surface area contributed by atoms with E-state index in [0.717, 1.165) is 17.0 Å². The first kappa shape index (κ1) is 18.0. The second-order valence-corrected chi connectivity index (χ2v) is 6.43. The Morgan fingerprint density at radius 2 is 2.04 bits per heavy atom. The van der Waals surface area contributed by atoms with Gasteiger partial charge in [0.2, 0.25) is 0 Å². The van der Waals surface area contributed by atoms with Crippen LogP contribution in [0, 0.1) is 6.92 Å². The number of rotatable bonds is 6. The van der Waals surface area contributed by atoms with Crippen LogP contribution in [0.3, 0.4) is 0 Å². The van der Waals surface area contributed by atoms with Crippen molar-refractivity contribution in [3.05, 3.63) is 77.1 Å². The van der Waals surface area contributed by atoms with E-state index in [2.05, 4.69) is 5.10 Å². The third kappa shape index (κ3) is 4.24. The predicted molar refractivity (Wildman–Crippen MR) is 102 cm³/mol. The van der Waals surface area contributed by atoms with E-state index in [1.807, 2.05) is 43.3 Å². The second-order valence-electron chi connectivity index (χ2n) is 5.99. The zero-order chi connectivity index (χ0) is 18.5. The fraction of sp³-hybridized carbons (Fsp3) is 0.200. The van der Waals surface area contributed by atoms with Crippen LogP contribution in [-0.4, -0.2) is 40.8 Å². The van der Waals surface area contributed by atoms with Crippen LogP contribution in [0.1, 0.15) is 15.9 Å². The Labute approximate surface area is 157 Å². The van der Waals surface area contributed by atoms with Gasteiger partial charge in [-0.15, -0.1) is 0 Å². The quantitative estimate of drug-likeness (QED) is 0.660. The zero-order valence-electron chi connectivity index (χ0n) is 14.7. The molecule has 1 aromatic heterocycles. The van der Waals surface area contributed by atoms with Gasteiger partial charge in [0.05, 0.1) is 24.0 Å². The van der Waals surface area contributed by atoms with E-state index in [-0.39, 0.29) is 5.91 Å². The molecular formula is C20H20ClN3O2. The Morgan fingerprint density at radius 3 is 2.81 bits per heavy atom. The number of aromatic nitrogens is 2. The molecule has 5 nitrogen and oxygen atoms in total. The summed E-state index contributed by atoms with van der Waals surface area (Å²) >= 11 is 6.00. The Hall–Kier alpha value is -2.79. The van der Waals surface area contributed by atoms with Crippen molar-refractivity contribution < 1.29 is 9.53 Å². The van der Waals surface area contributed by atoms with E-state index in [1.165, 1.54) is 0 Å². The van der Waals surface area contributed by atoms with Gasteiger partial charge in [0.1, 0.15) is 12.4 Å². The summed E-state index contributed by atoms with van der Waals surface area (Å²) < 4.78 is 7.39. The number of ether oxygens (including phenoxy) is 1. The van der Waals surface area contributed by atoms with Gasteiger partial charge in [-0.3, -0.25) is 4.79 Å². The molecule has 3 rings (SSSR count). The molecule has 26 heavy (non-hydrogen) atoms. The highest BCUT2D eigenvalue weighted by molar-refractivity contribution is 6.30. The number of carbonyl (C=O) groups excluding carboxylic acids is 1. The molecule has 0 radical (unpaired) electrons. The minimum atomic E-state index is -0.105. The van der Waals surface area contributed by atoms with Crippen molar-refractivity contribution in [1.82, 2.24) is 14.7 Å². The van der Waals surface area contributed by atoms with E-state index in [9.17, 15) is 4.79 Å². The Bertz CT molecular complexity index is 907. The molecule has 0 unspecified atom stereocenters. The van der Waals surface area contributed by atoms with Crippen LogP contribution in [0.25, 0.3) is 5.69 Å². The summed E-state index contributed by atoms with van der Waals surface area (Å²) in [6, 6.07) is 15.1. The standard InChI is InChI=1S/C20H20ClN3O2/c1-15-6-3-4-9-19(15)26-11-10-23(2)20(25)16-13-22-24(14-16)18-8-5-7-17(21)12-18/h3-9,12-14H,10-11H2,1-2H3. The lowest BCUT2D eigenvalue weighted by atomic mass is 10.2. The number of aryl methyl sites for hydroxylation is 1. The van der Waals surface area contributed by atoms with E-state index >= 15 is 0 Å². The van der Waals surface area contributed by atoms with Crippen LogP contribution >= 0.6 is 11.6 Å². The molecule has 0 saturated heterocycles. The predicted octanol–water partition coefficient (Wildman–Crippen LogP) is 3.99. The average molecular weight is 370 g/mol. The first-order valence-electron chi connectivity index (χ1n) is 8.29. The number of amides is 1. The monoisotopic (exact) mass is 369 g/mol. The van der Waals surface area contributed by atoms with Gasteiger partial charge in [0.25, 0.3) is 5.91 Å². The van der Waals surface area contributed by atoms with Gasteiger partial charge in [-0.2, -0.15) is 5.10 Å². The number of benzene rings is 2. The summed E-state index contributed by atoms with van der Waals surface area (Å²) in [6.45, 7) is 2.90. The summed E-state index contributed by atoms with van der Waals surface area (Å²) in [6.07, 6.45) is 3.26. The van der Waals surface area contributed by atoms with Crippen molar-refractivity contribution in [2.45, 2.75) is 6.92 Å². The minimum absolute atomic E-state index is 0.105. The van der Waals surface area contributed by atoms with Crippen molar-refractivity contribution in [2.24, 2.45) is 0 Å². The number of likely N-dealkylation sites (N-methyl/N-ethyl adjacent to an activating group) is 1. The van der Waals surface area contributed by atoms with E-state index in [4.69, 9.17) is 16.3 Å². The van der Waals surface area contributed by atoms with Gasteiger partial charge >= 0.3 is 0 Å². The van der Waals surface area contributed by atoms with E-state index < -0.39 is 0 Å². The fourth-order valence-electron chi connectivity index (χ4n) is 2.53. The van der Waals surface area contributed by atoms with Gasteiger partial charge in [0, 0.05) is 18.3 Å². The second kappa shape index (κ2) is 8.06. The molecule has 0 aliphatic heterocycles. The molecule has 0 aliphatic rings. The average Bonchev–Trinajstić information content (AvgIpc) is 3.13. The highest BCUT2D eigenvalue weighted by Crippen LogP contribution is 2.17. The number of hydrogen-bond acceptors (Lipinski definition) is 3. The lowest BCUT2D eigenvalue weighted by Crippen LogP contribution is -2.30. The fourth-order valence-corrected chi connectivity index (χ4v) is 2.71. The first-order chi connectivity index (χ1) is 12.5. The number of halogens is 1. The summed E-state index contributed by atoms with van der Waals surface area (Å²) in [5.41, 5.74) is 2.40.